The minimum absolute atomic E-state index is 0.107. The maximum Gasteiger partial charge on any atom is 0.472 e. The Labute approximate surface area is 619 Å². The molecule has 19 heteroatoms. The molecule has 0 aromatic rings. The van der Waals surface area contributed by atoms with Gasteiger partial charge in [-0.05, 0) is 49.4 Å². The predicted octanol–water partition coefficient (Wildman–Crippen LogP) is 24.4. The van der Waals surface area contributed by atoms with Gasteiger partial charge in [-0.15, -0.1) is 0 Å². The number of carbonyl (C=O) groups is 4. The number of unbranched alkanes of at least 4 members (excludes halogenated alkanes) is 45. The van der Waals surface area contributed by atoms with Crippen molar-refractivity contribution in [2.75, 3.05) is 39.6 Å². The summed E-state index contributed by atoms with van der Waals surface area (Å²) in [7, 11) is -9.92. The number of ether oxygens (including phenoxy) is 4. The zero-order valence-electron chi connectivity index (χ0n) is 66.5. The molecule has 0 fully saturated rings. The van der Waals surface area contributed by atoms with Gasteiger partial charge in [0.2, 0.25) is 0 Å². The van der Waals surface area contributed by atoms with Crippen LogP contribution in [0.2, 0.25) is 0 Å². The molecule has 0 radical (unpaired) electrons. The Morgan fingerprint density at radius 1 is 0.248 bits per heavy atom. The van der Waals surface area contributed by atoms with Gasteiger partial charge in [0.1, 0.15) is 19.3 Å². The van der Waals surface area contributed by atoms with Crippen molar-refractivity contribution in [3.05, 3.63) is 0 Å². The summed E-state index contributed by atoms with van der Waals surface area (Å²) < 4.78 is 68.7. The van der Waals surface area contributed by atoms with Gasteiger partial charge in [0.25, 0.3) is 0 Å². The highest BCUT2D eigenvalue weighted by atomic mass is 31.2. The first-order valence-electron chi connectivity index (χ1n) is 42.2. The summed E-state index contributed by atoms with van der Waals surface area (Å²) in [5.41, 5.74) is 0. The van der Waals surface area contributed by atoms with Crippen LogP contribution in [0.1, 0.15) is 421 Å². The van der Waals surface area contributed by atoms with Crippen molar-refractivity contribution in [1.82, 2.24) is 0 Å². The predicted molar refractivity (Wildman–Crippen MR) is 414 cm³/mol. The van der Waals surface area contributed by atoms with Crippen LogP contribution in [0.3, 0.4) is 0 Å². The first kappa shape index (κ1) is 99.1. The minimum Gasteiger partial charge on any atom is -0.462 e. The summed E-state index contributed by atoms with van der Waals surface area (Å²) in [4.78, 5) is 73.0. The number of esters is 4. The highest BCUT2D eigenvalue weighted by Crippen LogP contribution is 2.45. The second-order valence-corrected chi connectivity index (χ2v) is 34.3. The molecule has 600 valence electrons. The van der Waals surface area contributed by atoms with E-state index < -0.39 is 97.5 Å². The number of aliphatic hydroxyl groups is 1. The largest absolute Gasteiger partial charge is 0.472 e. The van der Waals surface area contributed by atoms with E-state index in [1.165, 1.54) is 218 Å². The summed E-state index contributed by atoms with van der Waals surface area (Å²) in [6.45, 7) is 14.3. The maximum absolute atomic E-state index is 13.1. The third kappa shape index (κ3) is 76.1. The van der Waals surface area contributed by atoms with Gasteiger partial charge in [0.15, 0.2) is 12.2 Å². The molecule has 3 N–H and O–H groups in total. The molecular formula is C82H160O17P2. The average molecular weight is 1480 g/mol. The van der Waals surface area contributed by atoms with E-state index in [4.69, 9.17) is 37.0 Å². The summed E-state index contributed by atoms with van der Waals surface area (Å²) in [6.07, 6.45) is 58.4. The molecule has 0 heterocycles. The van der Waals surface area contributed by atoms with Crippen molar-refractivity contribution < 1.29 is 80.2 Å². The van der Waals surface area contributed by atoms with Crippen LogP contribution in [0.25, 0.3) is 0 Å². The van der Waals surface area contributed by atoms with Crippen molar-refractivity contribution in [3.63, 3.8) is 0 Å². The lowest BCUT2D eigenvalue weighted by Gasteiger charge is -2.21. The van der Waals surface area contributed by atoms with Crippen molar-refractivity contribution in [1.29, 1.82) is 0 Å². The van der Waals surface area contributed by atoms with Crippen molar-refractivity contribution in [3.8, 4) is 0 Å². The van der Waals surface area contributed by atoms with Crippen LogP contribution in [0.5, 0.6) is 0 Å². The third-order valence-electron chi connectivity index (χ3n) is 19.1. The summed E-state index contributed by atoms with van der Waals surface area (Å²) in [6, 6.07) is 0. The topological polar surface area (TPSA) is 237 Å². The maximum atomic E-state index is 13.1. The van der Waals surface area contributed by atoms with Gasteiger partial charge in [-0.3, -0.25) is 37.3 Å². The van der Waals surface area contributed by atoms with Gasteiger partial charge >= 0.3 is 39.5 Å². The van der Waals surface area contributed by atoms with Gasteiger partial charge in [-0.25, -0.2) is 9.13 Å². The Bertz CT molecular complexity index is 1970. The Kier molecular flexibility index (Phi) is 69.6. The molecule has 3 unspecified atom stereocenters. The average Bonchev–Trinajstić information content (AvgIpc) is 0.930. The smallest absolute Gasteiger partial charge is 0.462 e. The number of phosphoric acid groups is 2. The highest BCUT2D eigenvalue weighted by Gasteiger charge is 2.30. The van der Waals surface area contributed by atoms with E-state index in [0.29, 0.717) is 31.6 Å². The molecule has 5 atom stereocenters. The van der Waals surface area contributed by atoms with Crippen LogP contribution in [-0.2, 0) is 65.4 Å². The van der Waals surface area contributed by atoms with Crippen molar-refractivity contribution in [2.24, 2.45) is 23.7 Å². The van der Waals surface area contributed by atoms with E-state index in [1.807, 2.05) is 0 Å². The number of rotatable bonds is 79. The SMILES string of the molecule is CC(C)CCCCCCCCCCCCCCCCCCC(=O)O[C@H](COC(=O)CCCCCCCCCCCCC(C)C)COP(=O)(O)OCC(O)COP(=O)(O)OC[C@@H](COC(=O)CCCCCCCCCC(C)C)OC(=O)CCCCCCCCCCCCCCCCCCC(C)C. The van der Waals surface area contributed by atoms with Crippen molar-refractivity contribution in [2.45, 2.75) is 440 Å². The molecule has 0 amide bonds. The molecule has 0 aromatic heterocycles. The fourth-order valence-electron chi connectivity index (χ4n) is 12.6. The molecule has 0 aromatic carbocycles. The number of hydrogen-bond acceptors (Lipinski definition) is 15. The number of phosphoric ester groups is 2. The molecule has 0 aliphatic carbocycles. The van der Waals surface area contributed by atoms with Crippen LogP contribution in [0.15, 0.2) is 0 Å². The molecule has 101 heavy (non-hydrogen) atoms. The summed E-state index contributed by atoms with van der Waals surface area (Å²) in [5.74, 6) is 0.968. The second-order valence-electron chi connectivity index (χ2n) is 31.4. The van der Waals surface area contributed by atoms with E-state index in [2.05, 4.69) is 55.4 Å². The Morgan fingerprint density at radius 2 is 0.416 bits per heavy atom. The lowest BCUT2D eigenvalue weighted by molar-refractivity contribution is -0.161. The van der Waals surface area contributed by atoms with Gasteiger partial charge in [-0.2, -0.15) is 0 Å². The fraction of sp³-hybridized carbons (Fsp3) is 0.951. The molecule has 17 nitrogen and oxygen atoms in total. The first-order valence-corrected chi connectivity index (χ1v) is 45.2. The van der Waals surface area contributed by atoms with E-state index in [9.17, 15) is 43.2 Å². The van der Waals surface area contributed by atoms with E-state index in [-0.39, 0.29) is 25.7 Å². The summed E-state index contributed by atoms with van der Waals surface area (Å²) >= 11 is 0. The first-order chi connectivity index (χ1) is 48.6. The standard InChI is InChI=1S/C82H160O17P2/c1-72(2)58-50-42-34-27-21-17-13-9-11-15-19-23-31-39-48-56-64-81(86)98-77(68-92-79(84)62-54-46-38-30-26-25-29-36-44-52-60-74(5)6)70-96-100(88,89)94-66-76(83)67-95-101(90,91)97-71-78(69-93-80(85)63-55-47-41-33-37-45-53-61-75(7)8)99-82(87)65-57-49-40-32-24-20-16-12-10-14-18-22-28-35-43-51-59-73(3)4/h72-78,83H,9-71H2,1-8H3,(H,88,89)(H,90,91)/t76?,77-,78-/m1/s1. The van der Waals surface area contributed by atoms with Crippen LogP contribution in [0.4, 0.5) is 0 Å². The number of hydrogen-bond donors (Lipinski definition) is 3. The zero-order valence-corrected chi connectivity index (χ0v) is 68.3. The van der Waals surface area contributed by atoms with Crippen LogP contribution in [0, 0.1) is 23.7 Å². The fourth-order valence-corrected chi connectivity index (χ4v) is 14.2. The van der Waals surface area contributed by atoms with Crippen LogP contribution < -0.4 is 0 Å². The van der Waals surface area contributed by atoms with Crippen LogP contribution >= 0.6 is 15.6 Å². The van der Waals surface area contributed by atoms with Crippen molar-refractivity contribution >= 4 is 39.5 Å². The lowest BCUT2D eigenvalue weighted by Crippen LogP contribution is -2.30. The molecule has 0 rings (SSSR count). The molecule has 0 bridgehead atoms. The lowest BCUT2D eigenvalue weighted by atomic mass is 10.0. The van der Waals surface area contributed by atoms with E-state index in [1.54, 1.807) is 0 Å². The third-order valence-corrected chi connectivity index (χ3v) is 21.0. The Balaban J connectivity index is 5.22. The van der Waals surface area contributed by atoms with Gasteiger partial charge in [0.05, 0.1) is 26.4 Å². The van der Waals surface area contributed by atoms with Gasteiger partial charge in [-0.1, -0.05) is 370 Å². The van der Waals surface area contributed by atoms with E-state index >= 15 is 0 Å². The normalized spacial score (nSPS) is 14.0. The number of aliphatic hydroxyl groups excluding tert-OH is 1. The van der Waals surface area contributed by atoms with Gasteiger partial charge in [0, 0.05) is 25.7 Å². The highest BCUT2D eigenvalue weighted by molar-refractivity contribution is 7.47. The van der Waals surface area contributed by atoms with E-state index in [0.717, 1.165) is 114 Å². The molecule has 0 saturated heterocycles. The Hall–Kier alpha value is -1.94. The molecule has 0 aliphatic rings. The monoisotopic (exact) mass is 1480 g/mol. The quantitative estimate of drug-likeness (QED) is 0.0222. The van der Waals surface area contributed by atoms with Crippen LogP contribution in [-0.4, -0.2) is 96.7 Å². The number of carbonyl (C=O) groups excluding carboxylic acids is 4. The Morgan fingerprint density at radius 3 is 0.614 bits per heavy atom. The summed E-state index contributed by atoms with van der Waals surface area (Å²) in [5, 5.41) is 10.6. The molecular weight excluding hydrogens is 1320 g/mol. The molecule has 0 spiro atoms. The van der Waals surface area contributed by atoms with Gasteiger partial charge < -0.3 is 33.8 Å². The minimum atomic E-state index is -4.96. The molecule has 0 saturated carbocycles. The zero-order chi connectivity index (χ0) is 74.6. The molecule has 0 aliphatic heterocycles. The second kappa shape index (κ2) is 71.0.